The smallest absolute Gasteiger partial charge is 0.334 e. The number of rotatable bonds is 10. The molecule has 3 nitrogen and oxygen atoms in total. The van der Waals surface area contributed by atoms with Crippen LogP contribution < -0.4 is 0 Å². The van der Waals surface area contributed by atoms with Crippen molar-refractivity contribution >= 4 is 17.4 Å². The van der Waals surface area contributed by atoms with Crippen LogP contribution in [0.3, 0.4) is 0 Å². The maximum Gasteiger partial charge on any atom is 0.334 e. The molecule has 0 rings (SSSR count). The first-order chi connectivity index (χ1) is 9.14. The Hall–Kier alpha value is 0.314. The van der Waals surface area contributed by atoms with Crippen LogP contribution in [-0.4, -0.2) is 54.2 Å². The molecule has 0 aromatic rings. The van der Waals surface area contributed by atoms with Gasteiger partial charge >= 0.3 is 8.56 Å². The molecule has 122 valence electrons. The molecule has 0 aromatic heterocycles. The van der Waals surface area contributed by atoms with Crippen molar-refractivity contribution < 1.29 is 8.85 Å². The van der Waals surface area contributed by atoms with Crippen molar-refractivity contribution in [2.75, 3.05) is 26.4 Å². The predicted octanol–water partition coefficient (Wildman–Crippen LogP) is 3.65. The summed E-state index contributed by atoms with van der Waals surface area (Å²) in [6, 6.07) is 1.12. The van der Waals surface area contributed by atoms with Crippen LogP contribution in [0.1, 0.15) is 40.5 Å². The molecule has 0 saturated heterocycles. The molecule has 0 aliphatic heterocycles. The third-order valence-electron chi connectivity index (χ3n) is 3.79. The molecule has 0 N–H and O–H groups in total. The van der Waals surface area contributed by atoms with E-state index >= 15 is 0 Å². The zero-order valence-electron chi connectivity index (χ0n) is 15.1. The van der Waals surface area contributed by atoms with Gasteiger partial charge in [-0.1, -0.05) is 26.4 Å². The van der Waals surface area contributed by atoms with E-state index in [2.05, 4.69) is 52.2 Å². The molecule has 1 unspecified atom stereocenters. The van der Waals surface area contributed by atoms with Crippen molar-refractivity contribution in [1.82, 2.24) is 4.90 Å². The third-order valence-corrected chi connectivity index (χ3v) is 7.86. The summed E-state index contributed by atoms with van der Waals surface area (Å²) in [6.07, 6.45) is 3.40. The molecule has 0 aliphatic carbocycles. The van der Waals surface area contributed by atoms with Gasteiger partial charge in [-0.25, -0.2) is 0 Å². The highest BCUT2D eigenvalue weighted by atomic mass is 28.4. The topological polar surface area (TPSA) is 21.7 Å². The molecule has 0 aromatic carbocycles. The van der Waals surface area contributed by atoms with E-state index in [1.165, 1.54) is 19.4 Å². The van der Waals surface area contributed by atoms with Crippen LogP contribution >= 0.6 is 0 Å². The van der Waals surface area contributed by atoms with E-state index in [9.17, 15) is 0 Å². The Morgan fingerprint density at radius 3 is 2.15 bits per heavy atom. The average molecular weight is 320 g/mol. The van der Waals surface area contributed by atoms with E-state index in [1.54, 1.807) is 0 Å². The van der Waals surface area contributed by atoms with Crippen LogP contribution in [0.5, 0.6) is 0 Å². The Morgan fingerprint density at radius 1 is 1.15 bits per heavy atom. The van der Waals surface area contributed by atoms with E-state index in [0.29, 0.717) is 0 Å². The first-order valence-corrected chi connectivity index (χ1v) is 13.7. The largest absolute Gasteiger partial charge is 0.398 e. The van der Waals surface area contributed by atoms with Crippen molar-refractivity contribution in [3.63, 3.8) is 0 Å². The van der Waals surface area contributed by atoms with E-state index in [4.69, 9.17) is 8.85 Å². The minimum atomic E-state index is -1.90. The van der Waals surface area contributed by atoms with Gasteiger partial charge in [0.25, 0.3) is 0 Å². The van der Waals surface area contributed by atoms with Crippen molar-refractivity contribution in [3.8, 4) is 0 Å². The second-order valence-electron chi connectivity index (χ2n) is 7.25. The lowest BCUT2D eigenvalue weighted by atomic mass is 10.1. The van der Waals surface area contributed by atoms with Crippen LogP contribution in [0.15, 0.2) is 0 Å². The minimum absolute atomic E-state index is 0.274. The van der Waals surface area contributed by atoms with Gasteiger partial charge in [0.05, 0.1) is 8.80 Å². The molecule has 0 radical (unpaired) electrons. The summed E-state index contributed by atoms with van der Waals surface area (Å²) in [6.45, 7) is 18.3. The summed E-state index contributed by atoms with van der Waals surface area (Å²) in [5.41, 5.74) is 0.274. The van der Waals surface area contributed by atoms with E-state index in [-0.39, 0.29) is 5.54 Å². The standard InChI is InChI=1S/C15H37NO2Si2/c1-9-16(15(2,3)4)12-10-11-13-20(8,17-5)18-14-19(6)7/h19H,9-14H2,1-8H3. The molecule has 20 heavy (non-hydrogen) atoms. The maximum atomic E-state index is 6.11. The molecule has 5 heteroatoms. The monoisotopic (exact) mass is 319 g/mol. The molecule has 0 bridgehead atoms. The molecule has 0 aliphatic rings. The summed E-state index contributed by atoms with van der Waals surface area (Å²) >= 11 is 0. The molecule has 0 fully saturated rings. The Balaban J connectivity index is 4.07. The molecular formula is C15H37NO2Si2. The van der Waals surface area contributed by atoms with Crippen molar-refractivity contribution in [1.29, 1.82) is 0 Å². The second kappa shape index (κ2) is 9.36. The van der Waals surface area contributed by atoms with Gasteiger partial charge in [0.1, 0.15) is 0 Å². The van der Waals surface area contributed by atoms with Gasteiger partial charge in [0.15, 0.2) is 0 Å². The maximum absolute atomic E-state index is 6.11. The summed E-state index contributed by atoms with van der Waals surface area (Å²) < 4.78 is 11.8. The van der Waals surface area contributed by atoms with Crippen LogP contribution in [-0.2, 0) is 8.85 Å². The molecule has 0 spiro atoms. The van der Waals surface area contributed by atoms with Gasteiger partial charge in [0.2, 0.25) is 0 Å². The second-order valence-corrected chi connectivity index (χ2v) is 13.8. The Labute approximate surface area is 129 Å². The molecule has 0 saturated carbocycles. The number of nitrogens with zero attached hydrogens (tertiary/aromatic N) is 1. The number of unbranched alkanes of at least 4 members (excludes halogenated alkanes) is 1. The summed E-state index contributed by atoms with van der Waals surface area (Å²) in [5, 5.41) is 0. The number of hydrogen-bond donors (Lipinski definition) is 0. The van der Waals surface area contributed by atoms with Crippen molar-refractivity contribution in [2.45, 2.75) is 71.8 Å². The molecule has 1 atom stereocenters. The SMILES string of the molecule is CCN(CCCC[Si](C)(OC)OC[SiH](C)C)C(C)(C)C. The first kappa shape index (κ1) is 20.3. The van der Waals surface area contributed by atoms with Gasteiger partial charge in [-0.2, -0.15) is 0 Å². The van der Waals surface area contributed by atoms with Gasteiger partial charge < -0.3 is 8.85 Å². The van der Waals surface area contributed by atoms with Crippen molar-refractivity contribution in [2.24, 2.45) is 0 Å². The van der Waals surface area contributed by atoms with E-state index < -0.39 is 17.4 Å². The normalized spacial score (nSPS) is 15.9. The Morgan fingerprint density at radius 2 is 1.75 bits per heavy atom. The molecule has 0 amide bonds. The highest BCUT2D eigenvalue weighted by Crippen LogP contribution is 2.19. The predicted molar refractivity (Wildman–Crippen MR) is 94.5 cm³/mol. The van der Waals surface area contributed by atoms with Crippen LogP contribution in [0.25, 0.3) is 0 Å². The lowest BCUT2D eigenvalue weighted by Gasteiger charge is -2.35. The third kappa shape index (κ3) is 8.57. The fourth-order valence-electron chi connectivity index (χ4n) is 2.29. The van der Waals surface area contributed by atoms with E-state index in [1.807, 2.05) is 7.11 Å². The zero-order valence-corrected chi connectivity index (χ0v) is 17.2. The van der Waals surface area contributed by atoms with Crippen molar-refractivity contribution in [3.05, 3.63) is 0 Å². The van der Waals surface area contributed by atoms with Gasteiger partial charge in [0, 0.05) is 18.9 Å². The zero-order chi connectivity index (χ0) is 15.8. The van der Waals surface area contributed by atoms with Gasteiger partial charge in [-0.3, -0.25) is 4.90 Å². The van der Waals surface area contributed by atoms with Crippen LogP contribution in [0, 0.1) is 0 Å². The lowest BCUT2D eigenvalue weighted by Crippen LogP contribution is -2.42. The fraction of sp³-hybridized carbons (Fsp3) is 1.00. The summed E-state index contributed by atoms with van der Waals surface area (Å²) in [5.74, 6) is 0. The molecular weight excluding hydrogens is 282 g/mol. The van der Waals surface area contributed by atoms with Gasteiger partial charge in [-0.15, -0.1) is 0 Å². The van der Waals surface area contributed by atoms with Crippen LogP contribution in [0.4, 0.5) is 0 Å². The average Bonchev–Trinajstić information content (AvgIpc) is 2.35. The highest BCUT2D eigenvalue weighted by molar-refractivity contribution is 6.67. The Kier molecular flexibility index (Phi) is 9.50. The summed E-state index contributed by atoms with van der Waals surface area (Å²) in [4.78, 5) is 2.54. The van der Waals surface area contributed by atoms with Crippen LogP contribution in [0.2, 0.25) is 25.7 Å². The fourth-order valence-corrected chi connectivity index (χ4v) is 6.39. The minimum Gasteiger partial charge on any atom is -0.398 e. The number of hydrogen-bond acceptors (Lipinski definition) is 3. The molecule has 0 heterocycles. The Bertz CT molecular complexity index is 257. The first-order valence-electron chi connectivity index (χ1n) is 8.08. The lowest BCUT2D eigenvalue weighted by molar-refractivity contribution is 0.142. The quantitative estimate of drug-likeness (QED) is 0.453. The van der Waals surface area contributed by atoms with E-state index in [0.717, 1.165) is 18.8 Å². The summed E-state index contributed by atoms with van der Waals surface area (Å²) in [7, 11) is -0.722. The highest BCUT2D eigenvalue weighted by Gasteiger charge is 2.30. The van der Waals surface area contributed by atoms with Gasteiger partial charge in [-0.05, 0) is 52.9 Å².